The predicted molar refractivity (Wildman–Crippen MR) is 125 cm³/mol. The molecule has 1 fully saturated rings. The van der Waals surface area contributed by atoms with Crippen LogP contribution in [0.4, 0.5) is 10.2 Å². The van der Waals surface area contributed by atoms with Gasteiger partial charge in [0.05, 0.1) is 0 Å². The first-order valence-electron chi connectivity index (χ1n) is 10.8. The van der Waals surface area contributed by atoms with E-state index in [0.717, 1.165) is 56.1 Å². The number of aromatic nitrogens is 1. The van der Waals surface area contributed by atoms with E-state index in [4.69, 9.17) is 11.6 Å². The first-order chi connectivity index (χ1) is 15.6. The van der Waals surface area contributed by atoms with Crippen molar-refractivity contribution in [2.75, 3.05) is 31.1 Å². The molecule has 166 valence electrons. The van der Waals surface area contributed by atoms with Crippen LogP contribution in [0.3, 0.4) is 0 Å². The number of anilines is 1. The van der Waals surface area contributed by atoms with Gasteiger partial charge in [0.15, 0.2) is 0 Å². The molecule has 1 saturated heterocycles. The van der Waals surface area contributed by atoms with Gasteiger partial charge in [0, 0.05) is 61.6 Å². The lowest BCUT2D eigenvalue weighted by atomic mass is 10.2. The second kappa shape index (κ2) is 10.6. The van der Waals surface area contributed by atoms with Crippen molar-refractivity contribution in [2.24, 2.45) is 0 Å². The zero-order chi connectivity index (χ0) is 22.3. The molecule has 0 atom stereocenters. The molecule has 7 heteroatoms. The summed E-state index contributed by atoms with van der Waals surface area (Å²) < 4.78 is 13.2. The van der Waals surface area contributed by atoms with Crippen molar-refractivity contribution in [2.45, 2.75) is 19.5 Å². The van der Waals surface area contributed by atoms with Crippen molar-refractivity contribution in [3.63, 3.8) is 0 Å². The fourth-order valence-corrected chi connectivity index (χ4v) is 4.05. The highest BCUT2D eigenvalue weighted by molar-refractivity contribution is 6.30. The molecule has 5 nitrogen and oxygen atoms in total. The van der Waals surface area contributed by atoms with Crippen molar-refractivity contribution in [1.82, 2.24) is 15.2 Å². The second-order valence-corrected chi connectivity index (χ2v) is 8.36. The van der Waals surface area contributed by atoms with Crippen LogP contribution in [-0.2, 0) is 13.1 Å². The molecule has 0 unspecified atom stereocenters. The fourth-order valence-electron chi connectivity index (χ4n) is 3.92. The molecule has 0 spiro atoms. The van der Waals surface area contributed by atoms with Gasteiger partial charge in [0.1, 0.15) is 11.6 Å². The van der Waals surface area contributed by atoms with Gasteiger partial charge in [0.2, 0.25) is 0 Å². The Balaban J connectivity index is 1.38. The van der Waals surface area contributed by atoms with Gasteiger partial charge >= 0.3 is 0 Å². The van der Waals surface area contributed by atoms with Gasteiger partial charge in [-0.25, -0.2) is 9.37 Å². The molecule has 0 saturated carbocycles. The van der Waals surface area contributed by atoms with Crippen LogP contribution in [0.5, 0.6) is 0 Å². The number of carbonyl (C=O) groups is 1. The molecule has 1 aliphatic heterocycles. The highest BCUT2D eigenvalue weighted by Crippen LogP contribution is 2.20. The molecule has 2 aromatic carbocycles. The maximum Gasteiger partial charge on any atom is 0.251 e. The van der Waals surface area contributed by atoms with Gasteiger partial charge in [-0.05, 0) is 54.4 Å². The van der Waals surface area contributed by atoms with Gasteiger partial charge in [-0.3, -0.25) is 9.69 Å². The fraction of sp³-hybridized carbons (Fsp3) is 0.280. The summed E-state index contributed by atoms with van der Waals surface area (Å²) in [7, 11) is 0. The van der Waals surface area contributed by atoms with Crippen LogP contribution in [0, 0.1) is 5.82 Å². The molecule has 1 aliphatic rings. The summed E-state index contributed by atoms with van der Waals surface area (Å²) in [6, 6.07) is 17.5. The Morgan fingerprint density at radius 3 is 2.56 bits per heavy atom. The van der Waals surface area contributed by atoms with Crippen molar-refractivity contribution < 1.29 is 9.18 Å². The minimum atomic E-state index is -0.207. The molecule has 0 radical (unpaired) electrons. The number of benzene rings is 2. The van der Waals surface area contributed by atoms with Crippen LogP contribution in [-0.4, -0.2) is 42.0 Å². The molecule has 32 heavy (non-hydrogen) atoms. The standard InChI is InChI=1S/C25H26ClFN4O/c26-22-8-6-20(7-9-22)25(32)29-17-21-3-1-12-28-24(21)31-14-2-13-30(15-16-31)18-19-4-10-23(27)11-5-19/h1,3-12H,2,13-18H2,(H,29,32). The molecule has 1 aromatic heterocycles. The summed E-state index contributed by atoms with van der Waals surface area (Å²) in [4.78, 5) is 21.8. The third-order valence-corrected chi connectivity index (χ3v) is 5.87. The maximum absolute atomic E-state index is 13.2. The molecule has 0 bridgehead atoms. The molecular weight excluding hydrogens is 427 g/mol. The van der Waals surface area contributed by atoms with Crippen LogP contribution < -0.4 is 10.2 Å². The summed E-state index contributed by atoms with van der Waals surface area (Å²) >= 11 is 5.91. The Labute approximate surface area is 192 Å². The minimum absolute atomic E-state index is 0.141. The first kappa shape index (κ1) is 22.2. The monoisotopic (exact) mass is 452 g/mol. The lowest BCUT2D eigenvalue weighted by molar-refractivity contribution is 0.0951. The number of amides is 1. The third kappa shape index (κ3) is 5.84. The van der Waals surface area contributed by atoms with Crippen LogP contribution >= 0.6 is 11.6 Å². The Hall–Kier alpha value is -2.96. The molecular formula is C25H26ClFN4O. The Morgan fingerprint density at radius 2 is 1.78 bits per heavy atom. The van der Waals surface area contributed by atoms with E-state index < -0.39 is 0 Å². The maximum atomic E-state index is 13.2. The molecule has 4 rings (SSSR count). The van der Waals surface area contributed by atoms with E-state index in [0.29, 0.717) is 17.1 Å². The van der Waals surface area contributed by atoms with Gasteiger partial charge < -0.3 is 10.2 Å². The molecule has 1 amide bonds. The highest BCUT2D eigenvalue weighted by Gasteiger charge is 2.19. The third-order valence-electron chi connectivity index (χ3n) is 5.62. The van der Waals surface area contributed by atoms with Crippen molar-refractivity contribution in [1.29, 1.82) is 0 Å². The van der Waals surface area contributed by atoms with Crippen molar-refractivity contribution in [3.8, 4) is 0 Å². The molecule has 2 heterocycles. The van der Waals surface area contributed by atoms with Gasteiger partial charge in [-0.1, -0.05) is 29.8 Å². The van der Waals surface area contributed by atoms with Gasteiger partial charge in [0.25, 0.3) is 5.91 Å². The molecule has 3 aromatic rings. The Bertz CT molecular complexity index is 1040. The average Bonchev–Trinajstić information content (AvgIpc) is 3.05. The van der Waals surface area contributed by atoms with Crippen molar-refractivity contribution >= 4 is 23.3 Å². The lowest BCUT2D eigenvalue weighted by Gasteiger charge is -2.25. The Morgan fingerprint density at radius 1 is 1.00 bits per heavy atom. The van der Waals surface area contributed by atoms with Crippen LogP contribution in [0.25, 0.3) is 0 Å². The van der Waals surface area contributed by atoms with Crippen LogP contribution in [0.15, 0.2) is 66.9 Å². The summed E-state index contributed by atoms with van der Waals surface area (Å²) in [6.45, 7) is 4.82. The smallest absolute Gasteiger partial charge is 0.251 e. The van der Waals surface area contributed by atoms with E-state index >= 15 is 0 Å². The summed E-state index contributed by atoms with van der Waals surface area (Å²) in [5, 5.41) is 3.59. The number of halogens is 2. The van der Waals surface area contributed by atoms with E-state index in [9.17, 15) is 9.18 Å². The number of hydrogen-bond donors (Lipinski definition) is 1. The molecule has 1 N–H and O–H groups in total. The number of nitrogens with one attached hydrogen (secondary N) is 1. The lowest BCUT2D eigenvalue weighted by Crippen LogP contribution is -2.32. The zero-order valence-corrected chi connectivity index (χ0v) is 18.6. The van der Waals surface area contributed by atoms with E-state index in [2.05, 4.69) is 20.1 Å². The predicted octanol–water partition coefficient (Wildman–Crippen LogP) is 4.52. The summed E-state index contributed by atoms with van der Waals surface area (Å²) in [6.07, 6.45) is 2.80. The number of carbonyl (C=O) groups excluding carboxylic acids is 1. The summed E-state index contributed by atoms with van der Waals surface area (Å²) in [5.41, 5.74) is 2.68. The second-order valence-electron chi connectivity index (χ2n) is 7.92. The van der Waals surface area contributed by atoms with E-state index in [1.807, 2.05) is 24.3 Å². The number of hydrogen-bond acceptors (Lipinski definition) is 4. The highest BCUT2D eigenvalue weighted by atomic mass is 35.5. The van der Waals surface area contributed by atoms with E-state index in [-0.39, 0.29) is 11.7 Å². The number of nitrogens with zero attached hydrogens (tertiary/aromatic N) is 3. The largest absolute Gasteiger partial charge is 0.355 e. The van der Waals surface area contributed by atoms with Gasteiger partial charge in [-0.2, -0.15) is 0 Å². The minimum Gasteiger partial charge on any atom is -0.355 e. The summed E-state index contributed by atoms with van der Waals surface area (Å²) in [5.74, 6) is 0.562. The topological polar surface area (TPSA) is 48.5 Å². The van der Waals surface area contributed by atoms with Crippen LogP contribution in [0.1, 0.15) is 27.9 Å². The first-order valence-corrected chi connectivity index (χ1v) is 11.2. The van der Waals surface area contributed by atoms with Crippen molar-refractivity contribution in [3.05, 3.63) is 94.4 Å². The van der Waals surface area contributed by atoms with E-state index in [1.54, 1.807) is 30.5 Å². The van der Waals surface area contributed by atoms with E-state index in [1.165, 1.54) is 12.1 Å². The zero-order valence-electron chi connectivity index (χ0n) is 17.8. The average molecular weight is 453 g/mol. The Kier molecular flexibility index (Phi) is 7.35. The molecule has 0 aliphatic carbocycles. The number of pyridine rings is 1. The van der Waals surface area contributed by atoms with Crippen LogP contribution in [0.2, 0.25) is 5.02 Å². The quantitative estimate of drug-likeness (QED) is 0.597. The van der Waals surface area contributed by atoms with Gasteiger partial charge in [-0.15, -0.1) is 0 Å². The SMILES string of the molecule is O=C(NCc1cccnc1N1CCCN(Cc2ccc(F)cc2)CC1)c1ccc(Cl)cc1. The number of rotatable bonds is 6. The normalized spacial score (nSPS) is 14.8.